The van der Waals surface area contributed by atoms with Crippen molar-refractivity contribution in [3.8, 4) is 0 Å². The topological polar surface area (TPSA) is 305 Å². The monoisotopic (exact) mass is 536 g/mol. The van der Waals surface area contributed by atoms with Crippen molar-refractivity contribution in [2.45, 2.75) is 30.9 Å². The summed E-state index contributed by atoms with van der Waals surface area (Å²) in [7, 11) is -16.7. The second kappa shape index (κ2) is 8.58. The largest absolute Gasteiger partial charge is 0.490 e. The van der Waals surface area contributed by atoms with Crippen LogP contribution in [0.4, 0.5) is 5.95 Å². The van der Waals surface area contributed by atoms with Crippen LogP contribution in [0.15, 0.2) is 11.1 Å². The Balaban J connectivity index is 1.78. The summed E-state index contributed by atoms with van der Waals surface area (Å²) in [5.74, 6) is -0.240. The smallest absolute Gasteiger partial charge is 0.388 e. The van der Waals surface area contributed by atoms with Crippen molar-refractivity contribution in [2.75, 3.05) is 12.3 Å². The number of aliphatic hydroxyl groups is 1. The number of phosphoric acid groups is 3. The Morgan fingerprint density at radius 1 is 1.24 bits per heavy atom. The zero-order chi connectivity index (χ0) is 25.0. The third kappa shape index (κ3) is 5.75. The summed E-state index contributed by atoms with van der Waals surface area (Å²) in [6, 6.07) is 0. The molecule has 0 aromatic carbocycles. The summed E-state index contributed by atoms with van der Waals surface area (Å²) in [6.45, 7) is 0.395. The predicted molar refractivity (Wildman–Crippen MR) is 105 cm³/mol. The number of hydrogen-bond acceptors (Lipinski definition) is 13. The molecule has 3 rings (SSSR count). The number of rotatable bonds is 8. The predicted octanol–water partition coefficient (Wildman–Crippen LogP) is -1.98. The lowest BCUT2D eigenvalue weighted by molar-refractivity contribution is -0.0447. The van der Waals surface area contributed by atoms with Gasteiger partial charge in [-0.25, -0.2) is 18.7 Å². The standard InChI is InChI=1S/C11H19N6O13P3/c1-11(13)6(18)4(2-27-32(23,24)30-33(25,26)29-31(20,21)22)28-9(11)17-3-14-5-7(17)15-10(12)16-8(5)19/h3-4,6,9,18H,2,13H2,1H3,(H,23,24)(H,25,26)(H2,20,21,22)(H3,12,15,16,19)/t4-,6-,9-,11-/m1/s1. The fourth-order valence-corrected chi connectivity index (χ4v) is 6.04. The summed E-state index contributed by atoms with van der Waals surface area (Å²) in [5, 5.41) is 10.5. The summed E-state index contributed by atoms with van der Waals surface area (Å²) in [5.41, 5.74) is 9.25. The first-order valence-electron chi connectivity index (χ1n) is 8.55. The zero-order valence-electron chi connectivity index (χ0n) is 16.4. The van der Waals surface area contributed by atoms with Crippen molar-refractivity contribution in [3.05, 3.63) is 16.7 Å². The lowest BCUT2D eigenvalue weighted by Gasteiger charge is -2.28. The summed E-state index contributed by atoms with van der Waals surface area (Å²) in [4.78, 5) is 57.8. The highest BCUT2D eigenvalue weighted by Crippen LogP contribution is 2.66. The molecule has 0 amide bonds. The minimum Gasteiger partial charge on any atom is -0.388 e. The summed E-state index contributed by atoms with van der Waals surface area (Å²) in [6.07, 6.45) is -3.13. The van der Waals surface area contributed by atoms with E-state index in [2.05, 4.69) is 28.1 Å². The van der Waals surface area contributed by atoms with E-state index in [0.717, 1.165) is 6.33 Å². The second-order valence-electron chi connectivity index (χ2n) is 7.00. The average molecular weight is 536 g/mol. The van der Waals surface area contributed by atoms with Crippen molar-refractivity contribution < 1.29 is 56.3 Å². The molecule has 1 saturated heterocycles. The van der Waals surface area contributed by atoms with Crippen molar-refractivity contribution in [2.24, 2.45) is 5.73 Å². The number of phosphoric ester groups is 1. The number of nitrogens with one attached hydrogen (secondary N) is 1. The van der Waals surface area contributed by atoms with E-state index in [1.54, 1.807) is 0 Å². The fourth-order valence-electron chi connectivity index (χ4n) is 3.01. The van der Waals surface area contributed by atoms with E-state index in [-0.39, 0.29) is 17.1 Å². The molecule has 10 N–H and O–H groups in total. The van der Waals surface area contributed by atoms with Crippen LogP contribution in [0.2, 0.25) is 0 Å². The molecule has 0 spiro atoms. The number of nitrogens with two attached hydrogens (primary N) is 2. The highest BCUT2D eigenvalue weighted by Gasteiger charge is 2.53. The fraction of sp³-hybridized carbons (Fsp3) is 0.545. The van der Waals surface area contributed by atoms with Gasteiger partial charge in [-0.2, -0.15) is 13.6 Å². The molecule has 0 radical (unpaired) electrons. The Morgan fingerprint density at radius 2 is 1.88 bits per heavy atom. The van der Waals surface area contributed by atoms with Crippen molar-refractivity contribution in [1.82, 2.24) is 19.5 Å². The van der Waals surface area contributed by atoms with Crippen LogP contribution >= 0.6 is 23.5 Å². The molecular weight excluding hydrogens is 517 g/mol. The molecule has 3 heterocycles. The van der Waals surface area contributed by atoms with E-state index >= 15 is 0 Å². The van der Waals surface area contributed by atoms with Gasteiger partial charge in [0, 0.05) is 0 Å². The molecule has 22 heteroatoms. The molecule has 2 aromatic rings. The van der Waals surface area contributed by atoms with Gasteiger partial charge in [-0.3, -0.25) is 18.9 Å². The number of ether oxygens (including phenoxy) is 1. The van der Waals surface area contributed by atoms with Crippen molar-refractivity contribution >= 4 is 40.6 Å². The molecule has 1 aliphatic rings. The van der Waals surface area contributed by atoms with Gasteiger partial charge in [-0.05, 0) is 6.92 Å². The Hall–Kier alpha value is -1.56. The number of aromatic amines is 1. The first-order valence-corrected chi connectivity index (χ1v) is 13.1. The highest BCUT2D eigenvalue weighted by molar-refractivity contribution is 7.66. The van der Waals surface area contributed by atoms with Crippen LogP contribution in [0, 0.1) is 0 Å². The van der Waals surface area contributed by atoms with E-state index < -0.39 is 59.6 Å². The molecule has 1 aliphatic heterocycles. The molecule has 0 saturated carbocycles. The van der Waals surface area contributed by atoms with Gasteiger partial charge in [-0.1, -0.05) is 0 Å². The Bertz CT molecular complexity index is 1250. The molecular formula is C11H19N6O13P3. The van der Waals surface area contributed by atoms with Crippen LogP contribution in [-0.2, 0) is 31.6 Å². The van der Waals surface area contributed by atoms with Gasteiger partial charge in [0.05, 0.1) is 18.5 Å². The first-order chi connectivity index (χ1) is 14.9. The number of nitrogens with zero attached hydrogens (tertiary/aromatic N) is 3. The maximum atomic E-state index is 12.0. The van der Waals surface area contributed by atoms with Crippen molar-refractivity contribution in [3.63, 3.8) is 0 Å². The molecule has 6 atom stereocenters. The molecule has 0 aliphatic carbocycles. The van der Waals surface area contributed by atoms with Gasteiger partial charge >= 0.3 is 23.5 Å². The molecule has 1 fully saturated rings. The lowest BCUT2D eigenvalue weighted by atomic mass is 9.93. The Morgan fingerprint density at radius 3 is 2.48 bits per heavy atom. The van der Waals surface area contributed by atoms with E-state index in [0.29, 0.717) is 0 Å². The molecule has 19 nitrogen and oxygen atoms in total. The van der Waals surface area contributed by atoms with Gasteiger partial charge < -0.3 is 40.9 Å². The zero-order valence-corrected chi connectivity index (χ0v) is 19.0. The number of imidazole rings is 1. The van der Waals surface area contributed by atoms with Crippen LogP contribution in [0.5, 0.6) is 0 Å². The van der Waals surface area contributed by atoms with Crippen LogP contribution in [0.25, 0.3) is 11.2 Å². The number of aromatic nitrogens is 4. The third-order valence-electron chi connectivity index (χ3n) is 4.35. The summed E-state index contributed by atoms with van der Waals surface area (Å²) < 4.78 is 52.4. The van der Waals surface area contributed by atoms with E-state index in [9.17, 15) is 33.4 Å². The van der Waals surface area contributed by atoms with Gasteiger partial charge in [0.2, 0.25) is 5.95 Å². The van der Waals surface area contributed by atoms with Gasteiger partial charge in [0.15, 0.2) is 17.4 Å². The van der Waals surface area contributed by atoms with E-state index in [1.807, 2.05) is 0 Å². The number of H-pyrrole nitrogens is 1. The average Bonchev–Trinajstić information content (AvgIpc) is 3.10. The number of hydrogen-bond donors (Lipinski definition) is 8. The van der Waals surface area contributed by atoms with Crippen LogP contribution in [0.3, 0.4) is 0 Å². The van der Waals surface area contributed by atoms with Gasteiger partial charge in [0.25, 0.3) is 5.56 Å². The lowest BCUT2D eigenvalue weighted by Crippen LogP contribution is -2.52. The van der Waals surface area contributed by atoms with Crippen LogP contribution in [-0.4, -0.2) is 68.6 Å². The number of nitrogen functional groups attached to an aromatic ring is 1. The summed E-state index contributed by atoms with van der Waals surface area (Å²) >= 11 is 0. The number of aliphatic hydroxyl groups excluding tert-OH is 1. The normalized spacial score (nSPS) is 29.7. The molecule has 0 bridgehead atoms. The maximum absolute atomic E-state index is 12.0. The van der Waals surface area contributed by atoms with E-state index in [4.69, 9.17) is 26.0 Å². The van der Waals surface area contributed by atoms with Crippen molar-refractivity contribution in [1.29, 1.82) is 0 Å². The maximum Gasteiger partial charge on any atom is 0.490 e. The molecule has 2 aromatic heterocycles. The minimum atomic E-state index is -5.72. The van der Waals surface area contributed by atoms with E-state index in [1.165, 1.54) is 11.5 Å². The quantitative estimate of drug-likeness (QED) is 0.169. The molecule has 186 valence electrons. The van der Waals surface area contributed by atoms with Gasteiger partial charge in [-0.15, -0.1) is 0 Å². The van der Waals surface area contributed by atoms with Crippen LogP contribution in [0.1, 0.15) is 13.2 Å². The highest BCUT2D eigenvalue weighted by atomic mass is 31.3. The number of fused-ring (bicyclic) bond motifs is 1. The minimum absolute atomic E-state index is 0.0429. The Kier molecular flexibility index (Phi) is 6.78. The molecule has 33 heavy (non-hydrogen) atoms. The molecule has 2 unspecified atom stereocenters. The van der Waals surface area contributed by atoms with Gasteiger partial charge in [0.1, 0.15) is 12.2 Å². The van der Waals surface area contributed by atoms with Crippen LogP contribution < -0.4 is 17.0 Å². The third-order valence-corrected chi connectivity index (χ3v) is 8.15. The second-order valence-corrected chi connectivity index (χ2v) is 11.4. The first kappa shape index (κ1) is 26.1. The Labute approximate surface area is 182 Å². The SMILES string of the molecule is C[C@@]1(N)[C@H](O)[C@@H](COP(=O)(O)OP(=O)(O)OP(=O)(O)O)O[C@H]1n1cnc2c(=O)[nH]c(N)nc21. The number of anilines is 1.